The Morgan fingerprint density at radius 2 is 2.19 bits per heavy atom. The Morgan fingerprint density at radius 1 is 1.33 bits per heavy atom. The molecule has 0 spiro atoms. The van der Waals surface area contributed by atoms with Crippen molar-refractivity contribution in [3.63, 3.8) is 0 Å². The zero-order chi connectivity index (χ0) is 19.2. The summed E-state index contributed by atoms with van der Waals surface area (Å²) >= 11 is 0. The van der Waals surface area contributed by atoms with Crippen LogP contribution in [0.3, 0.4) is 0 Å². The molecule has 2 amide bonds. The number of piperidine rings is 1. The van der Waals surface area contributed by atoms with Gasteiger partial charge < -0.3 is 20.3 Å². The first-order valence-corrected chi connectivity index (χ1v) is 10.0. The number of benzene rings is 1. The quantitative estimate of drug-likeness (QED) is 0.799. The van der Waals surface area contributed by atoms with Crippen molar-refractivity contribution in [3.8, 4) is 5.75 Å². The van der Waals surface area contributed by atoms with E-state index >= 15 is 0 Å². The highest BCUT2D eigenvalue weighted by Gasteiger charge is 2.29. The van der Waals surface area contributed by atoms with Crippen molar-refractivity contribution in [2.45, 2.75) is 44.6 Å². The van der Waals surface area contributed by atoms with E-state index in [0.717, 1.165) is 50.1 Å². The van der Waals surface area contributed by atoms with Crippen LogP contribution in [0.15, 0.2) is 24.3 Å². The molecular weight excluding hydrogens is 342 g/mol. The maximum atomic E-state index is 13.0. The second-order valence-corrected chi connectivity index (χ2v) is 7.68. The van der Waals surface area contributed by atoms with E-state index in [2.05, 4.69) is 10.6 Å². The third kappa shape index (κ3) is 5.01. The second kappa shape index (κ2) is 9.22. The Balaban J connectivity index is 1.53. The molecule has 1 aromatic rings. The lowest BCUT2D eigenvalue weighted by Crippen LogP contribution is -2.47. The van der Waals surface area contributed by atoms with Gasteiger partial charge in [0.05, 0.1) is 19.1 Å². The van der Waals surface area contributed by atoms with Crippen LogP contribution in [0.2, 0.25) is 0 Å². The molecule has 2 aliphatic heterocycles. The third-order valence-electron chi connectivity index (χ3n) is 5.74. The molecule has 27 heavy (non-hydrogen) atoms. The summed E-state index contributed by atoms with van der Waals surface area (Å²) in [5.41, 5.74) is 0.974. The van der Waals surface area contributed by atoms with Crippen LogP contribution in [0.4, 0.5) is 0 Å². The molecule has 1 aromatic carbocycles. The minimum atomic E-state index is -0.198. The highest BCUT2D eigenvalue weighted by Crippen LogP contribution is 2.25. The van der Waals surface area contributed by atoms with Gasteiger partial charge in [0.25, 0.3) is 0 Å². The zero-order valence-corrected chi connectivity index (χ0v) is 16.4. The fourth-order valence-electron chi connectivity index (χ4n) is 4.04. The van der Waals surface area contributed by atoms with Gasteiger partial charge in [0.1, 0.15) is 5.75 Å². The molecule has 2 heterocycles. The van der Waals surface area contributed by atoms with Crippen molar-refractivity contribution in [1.82, 2.24) is 15.5 Å². The number of nitrogens with one attached hydrogen (secondary N) is 2. The van der Waals surface area contributed by atoms with E-state index in [4.69, 9.17) is 4.74 Å². The topological polar surface area (TPSA) is 70.7 Å². The molecule has 0 aliphatic carbocycles. The van der Waals surface area contributed by atoms with Crippen LogP contribution in [-0.4, -0.2) is 56.0 Å². The summed E-state index contributed by atoms with van der Waals surface area (Å²) in [5.74, 6) is 1.14. The largest absolute Gasteiger partial charge is 0.497 e. The maximum Gasteiger partial charge on any atom is 0.237 e. The van der Waals surface area contributed by atoms with Crippen LogP contribution in [0.25, 0.3) is 0 Å². The fraction of sp³-hybridized carbons (Fsp3) is 0.619. The summed E-state index contributed by atoms with van der Waals surface area (Å²) in [6.45, 7) is 5.03. The SMILES string of the molecule is COc1cccc(C(C)C(=O)N2CCCC(CNC(=O)C3CCCN3)C2)c1. The molecule has 0 radical (unpaired) electrons. The Hall–Kier alpha value is -2.08. The lowest BCUT2D eigenvalue weighted by atomic mass is 9.94. The van der Waals surface area contributed by atoms with Gasteiger partial charge >= 0.3 is 0 Å². The first-order chi connectivity index (χ1) is 13.1. The van der Waals surface area contributed by atoms with E-state index in [1.165, 1.54) is 0 Å². The van der Waals surface area contributed by atoms with Crippen LogP contribution in [0, 0.1) is 5.92 Å². The molecule has 0 aromatic heterocycles. The van der Waals surface area contributed by atoms with Crippen LogP contribution >= 0.6 is 0 Å². The smallest absolute Gasteiger partial charge is 0.237 e. The predicted octanol–water partition coefficient (Wildman–Crippen LogP) is 1.91. The number of carbonyl (C=O) groups excluding carboxylic acids is 2. The molecule has 3 unspecified atom stereocenters. The normalized spacial score (nSPS) is 23.7. The van der Waals surface area contributed by atoms with Crippen molar-refractivity contribution in [2.75, 3.05) is 33.3 Å². The molecule has 6 nitrogen and oxygen atoms in total. The summed E-state index contributed by atoms with van der Waals surface area (Å²) in [6.07, 6.45) is 4.01. The average Bonchev–Trinajstić information content (AvgIpc) is 3.26. The van der Waals surface area contributed by atoms with Crippen molar-refractivity contribution in [2.24, 2.45) is 5.92 Å². The van der Waals surface area contributed by atoms with Crippen LogP contribution in [0.1, 0.15) is 44.1 Å². The molecule has 0 bridgehead atoms. The average molecular weight is 373 g/mol. The summed E-state index contributed by atoms with van der Waals surface area (Å²) in [4.78, 5) is 27.1. The number of rotatable bonds is 6. The van der Waals surface area contributed by atoms with E-state index in [1.54, 1.807) is 7.11 Å². The van der Waals surface area contributed by atoms with E-state index in [-0.39, 0.29) is 23.8 Å². The first-order valence-electron chi connectivity index (χ1n) is 10.0. The van der Waals surface area contributed by atoms with Crippen molar-refractivity contribution in [1.29, 1.82) is 0 Å². The Kier molecular flexibility index (Phi) is 6.72. The van der Waals surface area contributed by atoms with E-state index < -0.39 is 0 Å². The summed E-state index contributed by atoms with van der Waals surface area (Å²) in [5, 5.41) is 6.30. The maximum absolute atomic E-state index is 13.0. The molecule has 2 saturated heterocycles. The number of likely N-dealkylation sites (tertiary alicyclic amines) is 1. The molecule has 3 atom stereocenters. The van der Waals surface area contributed by atoms with E-state index in [0.29, 0.717) is 19.0 Å². The summed E-state index contributed by atoms with van der Waals surface area (Å²) < 4.78 is 5.27. The number of nitrogens with zero attached hydrogens (tertiary/aromatic N) is 1. The molecule has 6 heteroatoms. The minimum Gasteiger partial charge on any atom is -0.497 e. The van der Waals surface area contributed by atoms with Gasteiger partial charge in [-0.15, -0.1) is 0 Å². The molecule has 2 fully saturated rings. The molecule has 148 valence electrons. The molecule has 0 saturated carbocycles. The number of carbonyl (C=O) groups is 2. The number of amides is 2. The molecule has 3 rings (SSSR count). The monoisotopic (exact) mass is 373 g/mol. The van der Waals surface area contributed by atoms with Crippen LogP contribution in [0.5, 0.6) is 5.75 Å². The van der Waals surface area contributed by atoms with Gasteiger partial charge in [0.2, 0.25) is 11.8 Å². The number of methoxy groups -OCH3 is 1. The molecular formula is C21H31N3O3. The van der Waals surface area contributed by atoms with Crippen LogP contribution < -0.4 is 15.4 Å². The van der Waals surface area contributed by atoms with Gasteiger partial charge in [-0.2, -0.15) is 0 Å². The summed E-state index contributed by atoms with van der Waals surface area (Å²) in [7, 11) is 1.64. The zero-order valence-electron chi connectivity index (χ0n) is 16.4. The van der Waals surface area contributed by atoms with Gasteiger partial charge in [-0.3, -0.25) is 9.59 Å². The number of hydrogen-bond donors (Lipinski definition) is 2. The van der Waals surface area contributed by atoms with Gasteiger partial charge in [-0.25, -0.2) is 0 Å². The fourth-order valence-corrected chi connectivity index (χ4v) is 4.04. The van der Waals surface area contributed by atoms with Crippen molar-refractivity contribution < 1.29 is 14.3 Å². The lowest BCUT2D eigenvalue weighted by Gasteiger charge is -2.34. The molecule has 2 N–H and O–H groups in total. The summed E-state index contributed by atoms with van der Waals surface area (Å²) in [6, 6.07) is 7.67. The highest BCUT2D eigenvalue weighted by molar-refractivity contribution is 5.83. The van der Waals surface area contributed by atoms with Gasteiger partial charge in [0.15, 0.2) is 0 Å². The highest BCUT2D eigenvalue weighted by atomic mass is 16.5. The second-order valence-electron chi connectivity index (χ2n) is 7.68. The number of ether oxygens (including phenoxy) is 1. The van der Waals surface area contributed by atoms with Crippen molar-refractivity contribution >= 4 is 11.8 Å². The van der Waals surface area contributed by atoms with Gasteiger partial charge in [-0.1, -0.05) is 12.1 Å². The predicted molar refractivity (Wildman–Crippen MR) is 105 cm³/mol. The van der Waals surface area contributed by atoms with E-state index in [9.17, 15) is 9.59 Å². The number of hydrogen-bond acceptors (Lipinski definition) is 4. The first kappa shape index (κ1) is 19.7. The van der Waals surface area contributed by atoms with Crippen molar-refractivity contribution in [3.05, 3.63) is 29.8 Å². The molecule has 2 aliphatic rings. The van der Waals surface area contributed by atoms with Gasteiger partial charge in [0, 0.05) is 19.6 Å². The minimum absolute atomic E-state index is 0.0422. The third-order valence-corrected chi connectivity index (χ3v) is 5.74. The lowest BCUT2D eigenvalue weighted by molar-refractivity contribution is -0.134. The van der Waals surface area contributed by atoms with E-state index in [1.807, 2.05) is 36.1 Å². The Labute approximate surface area is 161 Å². The Bertz CT molecular complexity index is 658. The standard InChI is InChI=1S/C21H31N3O3/c1-15(17-7-3-8-18(12-17)27-2)21(26)24-11-5-6-16(14-24)13-23-20(25)19-9-4-10-22-19/h3,7-8,12,15-16,19,22H,4-6,9-11,13-14H2,1-2H3,(H,23,25). The van der Waals surface area contributed by atoms with Gasteiger partial charge in [-0.05, 0) is 62.8 Å². The van der Waals surface area contributed by atoms with Crippen LogP contribution in [-0.2, 0) is 9.59 Å². The Morgan fingerprint density at radius 3 is 2.93 bits per heavy atom.